The van der Waals surface area contributed by atoms with E-state index in [1.54, 1.807) is 0 Å². The summed E-state index contributed by atoms with van der Waals surface area (Å²) >= 11 is 0. The Bertz CT molecular complexity index is 1420. The fraction of sp³-hybridized carbons (Fsp3) is 0.444. The predicted molar refractivity (Wildman–Crippen MR) is 137 cm³/mol. The molecule has 41 heavy (non-hydrogen) atoms. The van der Waals surface area contributed by atoms with Crippen molar-refractivity contribution < 1.29 is 64.2 Å². The molecule has 2 saturated heterocycles. The average Bonchev–Trinajstić information content (AvgIpc) is 2.94. The smallest absolute Gasteiger partial charge is 0.229 e. The minimum atomic E-state index is -1.71. The van der Waals surface area contributed by atoms with Gasteiger partial charge in [0.05, 0.1) is 18.3 Å². The molecule has 2 aliphatic heterocycles. The van der Waals surface area contributed by atoms with E-state index in [1.807, 2.05) is 0 Å². The number of fused-ring (bicyclic) bond motifs is 1. The number of phenols is 2. The van der Waals surface area contributed by atoms with E-state index < -0.39 is 79.2 Å². The Balaban J connectivity index is 1.39. The number of aromatic hydroxyl groups is 2. The highest BCUT2D eigenvalue weighted by Crippen LogP contribution is 2.32. The highest BCUT2D eigenvalue weighted by Gasteiger charge is 2.50. The molecule has 0 bridgehead atoms. The molecule has 222 valence electrons. The van der Waals surface area contributed by atoms with Crippen LogP contribution in [-0.4, -0.2) is 109 Å². The quantitative estimate of drug-likeness (QED) is 0.174. The fourth-order valence-electron chi connectivity index (χ4n) is 4.84. The molecule has 1 aromatic heterocycles. The Morgan fingerprint density at radius 2 is 1.56 bits per heavy atom. The molecule has 8 N–H and O–H groups in total. The third kappa shape index (κ3) is 5.49. The van der Waals surface area contributed by atoms with E-state index >= 15 is 0 Å². The van der Waals surface area contributed by atoms with Crippen LogP contribution in [0.1, 0.15) is 6.92 Å². The third-order valence-electron chi connectivity index (χ3n) is 7.18. The van der Waals surface area contributed by atoms with Gasteiger partial charge in [-0.25, -0.2) is 0 Å². The van der Waals surface area contributed by atoms with Crippen molar-refractivity contribution in [2.24, 2.45) is 0 Å². The van der Waals surface area contributed by atoms with Gasteiger partial charge in [-0.3, -0.25) is 4.79 Å². The normalized spacial score (nSPS) is 34.0. The standard InChI is InChI=1S/C27H30O14/c1-10-19(31)22(34)24(36)26(38-10)41-25-23(35)21(33)17(8-28)40-27(25)39-13-4-2-11(3-5-13)14-9-37-16-7-12(29)6-15(30)18(16)20(14)32/h2-7,9-10,17,19,21-31,33-36H,8H2,1H3/t10-,17+,19-,21+,22+,23-,24+,25+,26-,27?/m0/s1. The van der Waals surface area contributed by atoms with Gasteiger partial charge < -0.3 is 64.2 Å². The Labute approximate surface area is 231 Å². The molecule has 0 saturated carbocycles. The van der Waals surface area contributed by atoms with Crippen molar-refractivity contribution in [2.45, 2.75) is 68.3 Å². The van der Waals surface area contributed by atoms with Gasteiger partial charge in [-0.05, 0) is 24.6 Å². The summed E-state index contributed by atoms with van der Waals surface area (Å²) in [4.78, 5) is 13.0. The van der Waals surface area contributed by atoms with E-state index in [0.717, 1.165) is 6.07 Å². The van der Waals surface area contributed by atoms with Crippen LogP contribution in [0, 0.1) is 0 Å². The SMILES string of the molecule is C[C@@H]1O[C@@H](O[C@H]2C(Oc3ccc(-c4coc5cc(O)cc(O)c5c4=O)cc3)O[C@H](CO)[C@@H](O)[C@@H]2O)[C@H](O)[C@H](O)[C@H]1O. The van der Waals surface area contributed by atoms with Gasteiger partial charge in [0.25, 0.3) is 0 Å². The topological polar surface area (TPSA) is 229 Å². The lowest BCUT2D eigenvalue weighted by Gasteiger charge is -2.45. The fourth-order valence-corrected chi connectivity index (χ4v) is 4.84. The molecule has 14 heteroatoms. The summed E-state index contributed by atoms with van der Waals surface area (Å²) in [5, 5.41) is 80.9. The monoisotopic (exact) mass is 578 g/mol. The second-order valence-electron chi connectivity index (χ2n) is 9.95. The number of aliphatic hydroxyl groups excluding tert-OH is 6. The van der Waals surface area contributed by atoms with Crippen LogP contribution in [-0.2, 0) is 14.2 Å². The summed E-state index contributed by atoms with van der Waals surface area (Å²) in [7, 11) is 0. The van der Waals surface area contributed by atoms with Gasteiger partial charge in [0.15, 0.2) is 12.4 Å². The van der Waals surface area contributed by atoms with Crippen LogP contribution in [0.2, 0.25) is 0 Å². The van der Waals surface area contributed by atoms with Crippen LogP contribution in [0.25, 0.3) is 22.1 Å². The minimum absolute atomic E-state index is 0.000592. The second-order valence-corrected chi connectivity index (χ2v) is 9.95. The summed E-state index contributed by atoms with van der Waals surface area (Å²) < 4.78 is 28.0. The summed E-state index contributed by atoms with van der Waals surface area (Å²) in [6.07, 6.45) is -13.5. The van der Waals surface area contributed by atoms with Gasteiger partial charge in [0.2, 0.25) is 11.7 Å². The maximum absolute atomic E-state index is 13.0. The van der Waals surface area contributed by atoms with Crippen LogP contribution in [0.4, 0.5) is 0 Å². The molecular formula is C27H30O14. The Morgan fingerprint density at radius 1 is 0.854 bits per heavy atom. The molecule has 2 aromatic carbocycles. The van der Waals surface area contributed by atoms with Crippen molar-refractivity contribution >= 4 is 11.0 Å². The highest BCUT2D eigenvalue weighted by molar-refractivity contribution is 5.88. The van der Waals surface area contributed by atoms with Gasteiger partial charge in [0, 0.05) is 12.1 Å². The lowest BCUT2D eigenvalue weighted by Crippen LogP contribution is -2.64. The molecule has 0 spiro atoms. The zero-order valence-electron chi connectivity index (χ0n) is 21.5. The molecule has 2 fully saturated rings. The summed E-state index contributed by atoms with van der Waals surface area (Å²) in [5.74, 6) is -0.563. The average molecular weight is 579 g/mol. The molecule has 0 amide bonds. The maximum atomic E-state index is 13.0. The first-order valence-electron chi connectivity index (χ1n) is 12.7. The molecule has 5 rings (SSSR count). The van der Waals surface area contributed by atoms with E-state index in [9.17, 15) is 45.6 Å². The largest absolute Gasteiger partial charge is 0.508 e. The van der Waals surface area contributed by atoms with Crippen molar-refractivity contribution in [3.05, 3.63) is 52.9 Å². The predicted octanol–water partition coefficient (Wildman–Crippen LogP) is -1.10. The van der Waals surface area contributed by atoms with Crippen molar-refractivity contribution in [3.63, 3.8) is 0 Å². The number of phenolic OH excluding ortho intramolecular Hbond substituents is 2. The molecule has 14 nitrogen and oxygen atoms in total. The number of aliphatic hydroxyl groups is 6. The lowest BCUT2D eigenvalue weighted by atomic mass is 9.97. The Morgan fingerprint density at radius 3 is 2.24 bits per heavy atom. The number of benzene rings is 2. The molecule has 1 unspecified atom stereocenters. The lowest BCUT2D eigenvalue weighted by molar-refractivity contribution is -0.354. The van der Waals surface area contributed by atoms with Crippen LogP contribution in [0.5, 0.6) is 17.2 Å². The molecular weight excluding hydrogens is 548 g/mol. The van der Waals surface area contributed by atoms with Gasteiger partial charge in [-0.1, -0.05) is 12.1 Å². The Hall–Kier alpha value is -3.31. The number of rotatable bonds is 6. The van der Waals surface area contributed by atoms with Crippen molar-refractivity contribution in [2.75, 3.05) is 6.61 Å². The van der Waals surface area contributed by atoms with Gasteiger partial charge in [0.1, 0.15) is 71.1 Å². The number of ether oxygens (including phenoxy) is 4. The van der Waals surface area contributed by atoms with Crippen molar-refractivity contribution in [1.82, 2.24) is 0 Å². The molecule has 2 aliphatic rings. The van der Waals surface area contributed by atoms with Crippen molar-refractivity contribution in [3.8, 4) is 28.4 Å². The zero-order valence-corrected chi connectivity index (χ0v) is 21.5. The summed E-state index contributed by atoms with van der Waals surface area (Å²) in [6, 6.07) is 8.14. The van der Waals surface area contributed by atoms with E-state index in [1.165, 1.54) is 43.5 Å². The zero-order chi connectivity index (χ0) is 29.6. The number of hydrogen-bond acceptors (Lipinski definition) is 14. The van der Waals surface area contributed by atoms with E-state index in [0.29, 0.717) is 5.56 Å². The van der Waals surface area contributed by atoms with Crippen LogP contribution in [0.15, 0.2) is 51.9 Å². The third-order valence-corrected chi connectivity index (χ3v) is 7.18. The van der Waals surface area contributed by atoms with Crippen LogP contribution in [0.3, 0.4) is 0 Å². The number of hydrogen-bond donors (Lipinski definition) is 8. The molecule has 0 aliphatic carbocycles. The highest BCUT2D eigenvalue weighted by atomic mass is 16.8. The van der Waals surface area contributed by atoms with Gasteiger partial charge >= 0.3 is 0 Å². The summed E-state index contributed by atoms with van der Waals surface area (Å²) in [6.45, 7) is 0.772. The van der Waals surface area contributed by atoms with Crippen molar-refractivity contribution in [1.29, 1.82) is 0 Å². The van der Waals surface area contributed by atoms with Crippen LogP contribution >= 0.6 is 0 Å². The molecule has 3 aromatic rings. The first-order chi connectivity index (χ1) is 19.5. The van der Waals surface area contributed by atoms with Crippen LogP contribution < -0.4 is 10.2 Å². The van der Waals surface area contributed by atoms with E-state index in [2.05, 4.69) is 0 Å². The van der Waals surface area contributed by atoms with E-state index in [4.69, 9.17) is 23.4 Å². The maximum Gasteiger partial charge on any atom is 0.229 e. The van der Waals surface area contributed by atoms with E-state index in [-0.39, 0.29) is 28.0 Å². The molecule has 10 atom stereocenters. The Kier molecular flexibility index (Phi) is 8.20. The first-order valence-corrected chi connectivity index (χ1v) is 12.7. The minimum Gasteiger partial charge on any atom is -0.508 e. The molecule has 3 heterocycles. The van der Waals surface area contributed by atoms with Gasteiger partial charge in [-0.15, -0.1) is 0 Å². The summed E-state index contributed by atoms with van der Waals surface area (Å²) in [5.41, 5.74) is -0.0459. The first kappa shape index (κ1) is 29.2. The second kappa shape index (κ2) is 11.5. The molecule has 0 radical (unpaired) electrons. The van der Waals surface area contributed by atoms with Gasteiger partial charge in [-0.2, -0.15) is 0 Å².